The summed E-state index contributed by atoms with van der Waals surface area (Å²) in [5.74, 6) is 0.869. The molecule has 3 rings (SSSR count). The van der Waals surface area contributed by atoms with Crippen molar-refractivity contribution in [3.8, 4) is 11.5 Å². The van der Waals surface area contributed by atoms with Crippen molar-refractivity contribution >= 4 is 15.9 Å². The average Bonchev–Trinajstić information content (AvgIpc) is 2.77. The van der Waals surface area contributed by atoms with Gasteiger partial charge in [-0.25, -0.2) is 8.42 Å². The predicted octanol–water partition coefficient (Wildman–Crippen LogP) is 3.15. The van der Waals surface area contributed by atoms with Gasteiger partial charge in [-0.05, 0) is 41.3 Å². The molecule has 1 fully saturated rings. The van der Waals surface area contributed by atoms with Gasteiger partial charge in [-0.15, -0.1) is 0 Å². The smallest absolute Gasteiger partial charge is 0.254 e. The summed E-state index contributed by atoms with van der Waals surface area (Å²) in [6, 6.07) is 12.1. The van der Waals surface area contributed by atoms with Gasteiger partial charge in [0.25, 0.3) is 5.91 Å². The molecule has 0 aliphatic carbocycles. The van der Waals surface area contributed by atoms with Gasteiger partial charge in [-0.3, -0.25) is 4.79 Å². The largest absolute Gasteiger partial charge is 0.493 e. The highest BCUT2D eigenvalue weighted by molar-refractivity contribution is 7.89. The molecule has 0 aromatic heterocycles. The van der Waals surface area contributed by atoms with E-state index in [1.54, 1.807) is 35.2 Å². The first kappa shape index (κ1) is 23.1. The number of sulfonamides is 1. The molecule has 0 N–H and O–H groups in total. The third kappa shape index (κ3) is 4.85. The maximum absolute atomic E-state index is 13.0. The Labute approximate surface area is 184 Å². The van der Waals surface area contributed by atoms with Crippen LogP contribution in [0.25, 0.3) is 0 Å². The number of rotatable bonds is 5. The average molecular weight is 447 g/mol. The van der Waals surface area contributed by atoms with Gasteiger partial charge < -0.3 is 14.4 Å². The number of carbonyl (C=O) groups excluding carboxylic acids is 1. The molecule has 1 aliphatic heterocycles. The maximum Gasteiger partial charge on any atom is 0.254 e. The van der Waals surface area contributed by atoms with Gasteiger partial charge in [0.1, 0.15) is 0 Å². The lowest BCUT2D eigenvalue weighted by Gasteiger charge is -2.34. The van der Waals surface area contributed by atoms with Gasteiger partial charge >= 0.3 is 0 Å². The molecule has 1 heterocycles. The lowest BCUT2D eigenvalue weighted by Crippen LogP contribution is -2.50. The normalized spacial score (nSPS) is 15.6. The minimum Gasteiger partial charge on any atom is -0.493 e. The third-order valence-corrected chi connectivity index (χ3v) is 7.43. The minimum absolute atomic E-state index is 0.0432. The van der Waals surface area contributed by atoms with Crippen molar-refractivity contribution < 1.29 is 22.7 Å². The van der Waals surface area contributed by atoms with E-state index in [1.165, 1.54) is 18.5 Å². The number of piperazine rings is 1. The van der Waals surface area contributed by atoms with E-state index in [9.17, 15) is 13.2 Å². The number of carbonyl (C=O) groups is 1. The van der Waals surface area contributed by atoms with Crippen molar-refractivity contribution in [3.05, 3.63) is 53.6 Å². The Hall–Kier alpha value is -2.58. The fourth-order valence-corrected chi connectivity index (χ4v) is 4.98. The van der Waals surface area contributed by atoms with Crippen LogP contribution >= 0.6 is 0 Å². The van der Waals surface area contributed by atoms with Crippen molar-refractivity contribution in [3.63, 3.8) is 0 Å². The van der Waals surface area contributed by atoms with Gasteiger partial charge in [-0.1, -0.05) is 32.9 Å². The van der Waals surface area contributed by atoms with Crippen molar-refractivity contribution in [2.45, 2.75) is 31.1 Å². The van der Waals surface area contributed by atoms with Crippen LogP contribution in [0.3, 0.4) is 0 Å². The van der Waals surface area contributed by atoms with Crippen LogP contribution in [-0.2, 0) is 15.4 Å². The van der Waals surface area contributed by atoms with E-state index in [4.69, 9.17) is 9.47 Å². The predicted molar refractivity (Wildman–Crippen MR) is 119 cm³/mol. The molecule has 0 unspecified atom stereocenters. The van der Waals surface area contributed by atoms with Crippen LogP contribution in [0.4, 0.5) is 0 Å². The SMILES string of the molecule is COc1ccc(C(=O)N2CCN(S(=O)(=O)c3ccc(C(C)(C)C)cc3)CC2)cc1OC. The summed E-state index contributed by atoms with van der Waals surface area (Å²) in [4.78, 5) is 14.8. The number of hydrogen-bond donors (Lipinski definition) is 0. The lowest BCUT2D eigenvalue weighted by atomic mass is 9.87. The molecule has 0 spiro atoms. The van der Waals surface area contributed by atoms with Gasteiger partial charge in [0, 0.05) is 31.7 Å². The van der Waals surface area contributed by atoms with E-state index in [1.807, 2.05) is 12.1 Å². The molecule has 1 amide bonds. The summed E-state index contributed by atoms with van der Waals surface area (Å²) < 4.78 is 38.0. The zero-order chi connectivity index (χ0) is 22.8. The van der Waals surface area contributed by atoms with Crippen molar-refractivity contribution in [2.75, 3.05) is 40.4 Å². The van der Waals surface area contributed by atoms with Crippen molar-refractivity contribution in [2.24, 2.45) is 0 Å². The number of ether oxygens (including phenoxy) is 2. The molecule has 31 heavy (non-hydrogen) atoms. The van der Waals surface area contributed by atoms with Gasteiger partial charge in [0.05, 0.1) is 19.1 Å². The topological polar surface area (TPSA) is 76.2 Å². The van der Waals surface area contributed by atoms with Gasteiger partial charge in [-0.2, -0.15) is 4.31 Å². The molecule has 168 valence electrons. The second kappa shape index (κ2) is 8.88. The second-order valence-corrected chi connectivity index (χ2v) is 10.5. The summed E-state index contributed by atoms with van der Waals surface area (Å²) in [6.45, 7) is 7.42. The first-order valence-corrected chi connectivity index (χ1v) is 11.6. The highest BCUT2D eigenvalue weighted by atomic mass is 32.2. The summed E-state index contributed by atoms with van der Waals surface area (Å²) in [5.41, 5.74) is 1.52. The number of nitrogens with zero attached hydrogens (tertiary/aromatic N) is 2. The Kier molecular flexibility index (Phi) is 6.62. The third-order valence-electron chi connectivity index (χ3n) is 5.51. The second-order valence-electron chi connectivity index (χ2n) is 8.54. The molecular formula is C23H30N2O5S. The zero-order valence-electron chi connectivity index (χ0n) is 18.7. The van der Waals surface area contributed by atoms with E-state index in [0.29, 0.717) is 30.2 Å². The van der Waals surface area contributed by atoms with Crippen LogP contribution in [0.2, 0.25) is 0 Å². The quantitative estimate of drug-likeness (QED) is 0.705. The Morgan fingerprint density at radius 2 is 1.45 bits per heavy atom. The molecule has 2 aromatic carbocycles. The molecule has 0 bridgehead atoms. The fourth-order valence-electron chi connectivity index (χ4n) is 3.56. The maximum atomic E-state index is 13.0. The summed E-state index contributed by atoms with van der Waals surface area (Å²) in [5, 5.41) is 0. The van der Waals surface area contributed by atoms with Gasteiger partial charge in [0.2, 0.25) is 10.0 Å². The van der Waals surface area contributed by atoms with Crippen LogP contribution in [0.5, 0.6) is 11.5 Å². The van der Waals surface area contributed by atoms with Crippen LogP contribution in [0.15, 0.2) is 47.4 Å². The lowest BCUT2D eigenvalue weighted by molar-refractivity contribution is 0.0697. The molecule has 0 saturated carbocycles. The number of amides is 1. The minimum atomic E-state index is -3.60. The fraction of sp³-hybridized carbons (Fsp3) is 0.435. The van der Waals surface area contributed by atoms with Crippen LogP contribution < -0.4 is 9.47 Å². The van der Waals surface area contributed by atoms with Gasteiger partial charge in [0.15, 0.2) is 11.5 Å². The molecular weight excluding hydrogens is 416 g/mol. The van der Waals surface area contributed by atoms with Crippen LogP contribution in [0.1, 0.15) is 36.7 Å². The summed E-state index contributed by atoms with van der Waals surface area (Å²) in [6.07, 6.45) is 0. The van der Waals surface area contributed by atoms with E-state index in [0.717, 1.165) is 5.56 Å². The Bertz CT molecular complexity index is 1030. The molecule has 1 aliphatic rings. The van der Waals surface area contributed by atoms with E-state index < -0.39 is 10.0 Å². The Balaban J connectivity index is 1.69. The monoisotopic (exact) mass is 446 g/mol. The number of hydrogen-bond acceptors (Lipinski definition) is 5. The van der Waals surface area contributed by atoms with Crippen LogP contribution in [0, 0.1) is 0 Å². The molecule has 8 heteroatoms. The Morgan fingerprint density at radius 3 is 1.97 bits per heavy atom. The van der Waals surface area contributed by atoms with Crippen molar-refractivity contribution in [1.82, 2.24) is 9.21 Å². The van der Waals surface area contributed by atoms with Crippen molar-refractivity contribution in [1.29, 1.82) is 0 Å². The highest BCUT2D eigenvalue weighted by Crippen LogP contribution is 2.29. The molecule has 0 radical (unpaired) electrons. The Morgan fingerprint density at radius 1 is 0.871 bits per heavy atom. The first-order valence-electron chi connectivity index (χ1n) is 10.2. The van der Waals surface area contributed by atoms with E-state index >= 15 is 0 Å². The first-order chi connectivity index (χ1) is 14.6. The number of benzene rings is 2. The summed E-state index contributed by atoms with van der Waals surface area (Å²) in [7, 11) is -0.544. The zero-order valence-corrected chi connectivity index (χ0v) is 19.5. The molecule has 2 aromatic rings. The number of methoxy groups -OCH3 is 2. The molecule has 7 nitrogen and oxygen atoms in total. The van der Waals surface area contributed by atoms with Crippen LogP contribution in [-0.4, -0.2) is 63.9 Å². The standard InChI is InChI=1S/C23H30N2O5S/c1-23(2,3)18-7-9-19(10-8-18)31(27,28)25-14-12-24(13-15-25)22(26)17-6-11-20(29-4)21(16-17)30-5/h6-11,16H,12-15H2,1-5H3. The van der Waals surface area contributed by atoms with E-state index in [2.05, 4.69) is 20.8 Å². The van der Waals surface area contributed by atoms with E-state index in [-0.39, 0.29) is 29.3 Å². The summed E-state index contributed by atoms with van der Waals surface area (Å²) >= 11 is 0. The molecule has 1 saturated heterocycles. The highest BCUT2D eigenvalue weighted by Gasteiger charge is 2.31. The molecule has 0 atom stereocenters.